The van der Waals surface area contributed by atoms with Crippen LogP contribution in [0.2, 0.25) is 18.1 Å². The van der Waals surface area contributed by atoms with E-state index in [-0.39, 0.29) is 0 Å². The van der Waals surface area contributed by atoms with Crippen molar-refractivity contribution in [2.24, 2.45) is 0 Å². The van der Waals surface area contributed by atoms with E-state index in [9.17, 15) is 0 Å². The van der Waals surface area contributed by atoms with Gasteiger partial charge in [0.25, 0.3) is 0 Å². The second-order valence-electron chi connectivity index (χ2n) is 7.09. The molecule has 0 aromatic rings. The van der Waals surface area contributed by atoms with Gasteiger partial charge in [-0.15, -0.1) is 0 Å². The van der Waals surface area contributed by atoms with Crippen LogP contribution in [0.25, 0.3) is 0 Å². The van der Waals surface area contributed by atoms with E-state index >= 15 is 0 Å². The molecule has 19 heavy (non-hydrogen) atoms. The van der Waals surface area contributed by atoms with Crippen molar-refractivity contribution in [3.05, 3.63) is 12.2 Å². The molecular formula is C17H36OSi. The van der Waals surface area contributed by atoms with E-state index in [1.165, 1.54) is 44.9 Å². The number of rotatable bonds is 10. The summed E-state index contributed by atoms with van der Waals surface area (Å²) in [6.07, 6.45) is 13.7. The van der Waals surface area contributed by atoms with E-state index in [0.29, 0.717) is 5.04 Å². The summed E-state index contributed by atoms with van der Waals surface area (Å²) in [5.41, 5.74) is 0. The monoisotopic (exact) mass is 284 g/mol. The van der Waals surface area contributed by atoms with Crippen LogP contribution >= 0.6 is 0 Å². The van der Waals surface area contributed by atoms with Crippen molar-refractivity contribution >= 4 is 8.32 Å². The molecule has 0 fully saturated rings. The Labute approximate surface area is 123 Å². The first-order valence-corrected chi connectivity index (χ1v) is 11.0. The second-order valence-corrected chi connectivity index (χ2v) is 11.9. The Kier molecular flexibility index (Phi) is 9.72. The number of unbranched alkanes of at least 4 members (excludes halogenated alkanes) is 6. The summed E-state index contributed by atoms with van der Waals surface area (Å²) < 4.78 is 6.18. The Hall–Kier alpha value is -0.0831. The third-order valence-corrected chi connectivity index (χ3v) is 8.81. The van der Waals surface area contributed by atoms with Crippen LogP contribution in [-0.4, -0.2) is 14.9 Å². The largest absolute Gasteiger partial charge is 0.417 e. The van der Waals surface area contributed by atoms with Gasteiger partial charge in [-0.3, -0.25) is 0 Å². The second kappa shape index (κ2) is 9.76. The smallest absolute Gasteiger partial charge is 0.191 e. The highest BCUT2D eigenvalue weighted by atomic mass is 28.4. The maximum absolute atomic E-state index is 6.18. The summed E-state index contributed by atoms with van der Waals surface area (Å²) in [6, 6.07) is 0. The van der Waals surface area contributed by atoms with Crippen LogP contribution in [0.1, 0.15) is 72.6 Å². The summed E-state index contributed by atoms with van der Waals surface area (Å²) in [6.45, 7) is 14.7. The van der Waals surface area contributed by atoms with Crippen LogP contribution in [0.5, 0.6) is 0 Å². The molecule has 0 spiro atoms. The zero-order valence-corrected chi connectivity index (χ0v) is 15.2. The molecule has 0 N–H and O–H groups in total. The number of allylic oxidation sites excluding steroid dienone is 2. The highest BCUT2D eigenvalue weighted by Gasteiger charge is 2.36. The molecule has 0 bridgehead atoms. The molecule has 0 saturated heterocycles. The SMILES string of the molecule is C/C=C/CCCCCCCCO[Si](C)(C)C(C)(C)C. The van der Waals surface area contributed by atoms with Crippen molar-refractivity contribution in [1.82, 2.24) is 0 Å². The van der Waals surface area contributed by atoms with Gasteiger partial charge in [-0.1, -0.05) is 58.6 Å². The van der Waals surface area contributed by atoms with Crippen molar-refractivity contribution in [2.45, 2.75) is 90.8 Å². The average molecular weight is 285 g/mol. The molecule has 0 rings (SSSR count). The summed E-state index contributed by atoms with van der Waals surface area (Å²) >= 11 is 0. The lowest BCUT2D eigenvalue weighted by Crippen LogP contribution is -2.40. The zero-order valence-electron chi connectivity index (χ0n) is 14.2. The fraction of sp³-hybridized carbons (Fsp3) is 0.882. The van der Waals surface area contributed by atoms with Gasteiger partial charge in [0.15, 0.2) is 8.32 Å². The molecule has 0 saturated carbocycles. The Bertz CT molecular complexity index is 238. The van der Waals surface area contributed by atoms with Crippen LogP contribution in [0, 0.1) is 0 Å². The van der Waals surface area contributed by atoms with E-state index in [1.54, 1.807) is 0 Å². The van der Waals surface area contributed by atoms with E-state index in [2.05, 4.69) is 52.9 Å². The lowest BCUT2D eigenvalue weighted by Gasteiger charge is -2.36. The third kappa shape index (κ3) is 9.45. The molecule has 1 nitrogen and oxygen atoms in total. The van der Waals surface area contributed by atoms with Crippen LogP contribution in [0.3, 0.4) is 0 Å². The third-order valence-electron chi connectivity index (χ3n) is 4.27. The summed E-state index contributed by atoms with van der Waals surface area (Å²) in [5.74, 6) is 0. The molecule has 114 valence electrons. The van der Waals surface area contributed by atoms with E-state index in [1.807, 2.05) is 0 Å². The molecule has 0 aromatic heterocycles. The van der Waals surface area contributed by atoms with Crippen LogP contribution in [0.15, 0.2) is 12.2 Å². The summed E-state index contributed by atoms with van der Waals surface area (Å²) in [7, 11) is -1.50. The maximum atomic E-state index is 6.18. The molecule has 0 heterocycles. The predicted octanol–water partition coefficient (Wildman–Crippen LogP) is 6.32. The Morgan fingerprint density at radius 2 is 1.42 bits per heavy atom. The standard InChI is InChI=1S/C17H36OSi/c1-7-8-9-10-11-12-13-14-15-16-18-19(5,6)17(2,3)4/h7-8H,9-16H2,1-6H3/b8-7+. The van der Waals surface area contributed by atoms with Gasteiger partial charge in [-0.2, -0.15) is 0 Å². The van der Waals surface area contributed by atoms with Gasteiger partial charge < -0.3 is 4.43 Å². The van der Waals surface area contributed by atoms with Gasteiger partial charge in [0.1, 0.15) is 0 Å². The minimum atomic E-state index is -1.50. The van der Waals surface area contributed by atoms with Gasteiger partial charge in [-0.05, 0) is 44.3 Å². The quantitative estimate of drug-likeness (QED) is 0.259. The number of hydrogen-bond acceptors (Lipinski definition) is 1. The Balaban J connectivity index is 3.41. The lowest BCUT2D eigenvalue weighted by atomic mass is 10.1. The summed E-state index contributed by atoms with van der Waals surface area (Å²) in [5, 5.41) is 0.347. The molecule has 0 atom stereocenters. The molecule has 0 amide bonds. The first kappa shape index (κ1) is 18.9. The van der Waals surface area contributed by atoms with Gasteiger partial charge in [0.2, 0.25) is 0 Å². The minimum Gasteiger partial charge on any atom is -0.417 e. The molecule has 0 aliphatic heterocycles. The van der Waals surface area contributed by atoms with E-state index < -0.39 is 8.32 Å². The fourth-order valence-corrected chi connectivity index (χ4v) is 2.87. The van der Waals surface area contributed by atoms with Gasteiger partial charge in [0.05, 0.1) is 0 Å². The van der Waals surface area contributed by atoms with Crippen LogP contribution in [0.4, 0.5) is 0 Å². The highest BCUT2D eigenvalue weighted by Crippen LogP contribution is 2.36. The molecule has 0 aromatic carbocycles. The van der Waals surface area contributed by atoms with Crippen LogP contribution < -0.4 is 0 Å². The van der Waals surface area contributed by atoms with Gasteiger partial charge >= 0.3 is 0 Å². The Morgan fingerprint density at radius 3 is 1.95 bits per heavy atom. The van der Waals surface area contributed by atoms with Crippen molar-refractivity contribution < 1.29 is 4.43 Å². The fourth-order valence-electron chi connectivity index (χ4n) is 1.78. The minimum absolute atomic E-state index is 0.347. The topological polar surface area (TPSA) is 9.23 Å². The average Bonchev–Trinajstić information content (AvgIpc) is 2.30. The van der Waals surface area contributed by atoms with Crippen molar-refractivity contribution in [1.29, 1.82) is 0 Å². The first-order valence-electron chi connectivity index (χ1n) is 8.06. The van der Waals surface area contributed by atoms with E-state index in [4.69, 9.17) is 4.43 Å². The van der Waals surface area contributed by atoms with Gasteiger partial charge in [-0.25, -0.2) is 0 Å². The van der Waals surface area contributed by atoms with Crippen molar-refractivity contribution in [3.8, 4) is 0 Å². The Morgan fingerprint density at radius 1 is 0.895 bits per heavy atom. The maximum Gasteiger partial charge on any atom is 0.191 e. The van der Waals surface area contributed by atoms with Crippen LogP contribution in [-0.2, 0) is 4.43 Å². The normalized spacial score (nSPS) is 13.4. The molecular weight excluding hydrogens is 248 g/mol. The molecule has 0 unspecified atom stereocenters. The molecule has 0 aliphatic rings. The lowest BCUT2D eigenvalue weighted by molar-refractivity contribution is 0.277. The molecule has 0 radical (unpaired) electrons. The summed E-state index contributed by atoms with van der Waals surface area (Å²) in [4.78, 5) is 0. The van der Waals surface area contributed by atoms with Crippen molar-refractivity contribution in [3.63, 3.8) is 0 Å². The zero-order chi connectivity index (χ0) is 14.8. The predicted molar refractivity (Wildman–Crippen MR) is 90.3 cm³/mol. The van der Waals surface area contributed by atoms with Crippen molar-refractivity contribution in [2.75, 3.05) is 6.61 Å². The highest BCUT2D eigenvalue weighted by molar-refractivity contribution is 6.74. The molecule has 0 aliphatic carbocycles. The first-order chi connectivity index (χ1) is 8.81. The van der Waals surface area contributed by atoms with E-state index in [0.717, 1.165) is 6.61 Å². The number of hydrogen-bond donors (Lipinski definition) is 0. The van der Waals surface area contributed by atoms with Gasteiger partial charge in [0, 0.05) is 6.61 Å². The molecule has 2 heteroatoms.